The van der Waals surface area contributed by atoms with Crippen molar-refractivity contribution in [3.05, 3.63) is 102 Å². The van der Waals surface area contributed by atoms with Gasteiger partial charge in [0, 0.05) is 30.3 Å². The summed E-state index contributed by atoms with van der Waals surface area (Å²) in [5.41, 5.74) is 4.69. The summed E-state index contributed by atoms with van der Waals surface area (Å²) in [6.07, 6.45) is 2.50. The monoisotopic (exact) mass is 565 g/mol. The number of nitrogens with zero attached hydrogens (tertiary/aromatic N) is 3. The third-order valence-corrected chi connectivity index (χ3v) is 7.56. The lowest BCUT2D eigenvalue weighted by molar-refractivity contribution is 0.131. The molecule has 0 bridgehead atoms. The number of benzene rings is 3. The largest absolute Gasteiger partial charge is 0.415 e. The average molecular weight is 566 g/mol. The number of amides is 3. The Bertz CT molecular complexity index is 1500. The summed E-state index contributed by atoms with van der Waals surface area (Å²) in [4.78, 5) is 27.2. The number of nitrogens with one attached hydrogen (secondary N) is 2. The van der Waals surface area contributed by atoms with Crippen LogP contribution in [0.25, 0.3) is 5.69 Å². The Kier molecular flexibility index (Phi) is 8.61. The Labute approximate surface area is 247 Å². The SMILES string of the molecule is Cc1ccc(-n2nc(C(C)(C)C)cc2NC(=O)Nc2ccc(CC3CCN(C(=O)Oc4ccccc4)CC3)cc2)cc1. The van der Waals surface area contributed by atoms with E-state index in [1.807, 2.05) is 67.6 Å². The molecule has 4 aromatic rings. The molecule has 42 heavy (non-hydrogen) atoms. The number of rotatable bonds is 6. The highest BCUT2D eigenvalue weighted by Crippen LogP contribution is 2.27. The van der Waals surface area contributed by atoms with Crippen LogP contribution in [0.5, 0.6) is 5.75 Å². The van der Waals surface area contributed by atoms with Crippen molar-refractivity contribution in [1.82, 2.24) is 14.7 Å². The van der Waals surface area contributed by atoms with Crippen LogP contribution in [-0.4, -0.2) is 39.9 Å². The maximum atomic E-state index is 13.0. The number of aromatic nitrogens is 2. The number of piperidine rings is 1. The van der Waals surface area contributed by atoms with Crippen LogP contribution in [-0.2, 0) is 11.8 Å². The molecule has 2 N–H and O–H groups in total. The number of anilines is 2. The van der Waals surface area contributed by atoms with Gasteiger partial charge in [0.1, 0.15) is 11.6 Å². The van der Waals surface area contributed by atoms with E-state index >= 15 is 0 Å². The highest BCUT2D eigenvalue weighted by Gasteiger charge is 2.25. The molecule has 1 aromatic heterocycles. The van der Waals surface area contributed by atoms with Crippen molar-refractivity contribution < 1.29 is 14.3 Å². The molecule has 1 aliphatic rings. The van der Waals surface area contributed by atoms with Crippen LogP contribution in [0.4, 0.5) is 21.1 Å². The first-order valence-electron chi connectivity index (χ1n) is 14.5. The highest BCUT2D eigenvalue weighted by atomic mass is 16.6. The number of hydrogen-bond donors (Lipinski definition) is 2. The van der Waals surface area contributed by atoms with Crippen LogP contribution in [0.3, 0.4) is 0 Å². The van der Waals surface area contributed by atoms with Gasteiger partial charge in [-0.15, -0.1) is 0 Å². The summed E-state index contributed by atoms with van der Waals surface area (Å²) in [7, 11) is 0. The van der Waals surface area contributed by atoms with Gasteiger partial charge < -0.3 is 15.0 Å². The highest BCUT2D eigenvalue weighted by molar-refractivity contribution is 5.99. The molecule has 8 heteroatoms. The van der Waals surface area contributed by atoms with E-state index in [1.54, 1.807) is 21.7 Å². The van der Waals surface area contributed by atoms with E-state index in [2.05, 4.69) is 43.5 Å². The van der Waals surface area contributed by atoms with E-state index in [9.17, 15) is 9.59 Å². The summed E-state index contributed by atoms with van der Waals surface area (Å²) in [5.74, 6) is 1.67. The quantitative estimate of drug-likeness (QED) is 0.252. The lowest BCUT2D eigenvalue weighted by atomic mass is 9.90. The van der Waals surface area contributed by atoms with E-state index in [-0.39, 0.29) is 17.5 Å². The minimum atomic E-state index is -0.328. The minimum Gasteiger partial charge on any atom is -0.410 e. The predicted molar refractivity (Wildman–Crippen MR) is 167 cm³/mol. The lowest BCUT2D eigenvalue weighted by Gasteiger charge is -2.31. The topological polar surface area (TPSA) is 88.5 Å². The van der Waals surface area contributed by atoms with Crippen molar-refractivity contribution >= 4 is 23.6 Å². The normalized spacial score (nSPS) is 14.0. The molecular weight excluding hydrogens is 526 g/mol. The van der Waals surface area contributed by atoms with Crippen molar-refractivity contribution in [2.45, 2.75) is 52.4 Å². The number of urea groups is 1. The van der Waals surface area contributed by atoms with Gasteiger partial charge >= 0.3 is 12.1 Å². The fourth-order valence-electron chi connectivity index (χ4n) is 5.03. The number of aryl methyl sites for hydroxylation is 1. The molecule has 0 saturated carbocycles. The Morgan fingerprint density at radius 3 is 2.21 bits per heavy atom. The number of hydrogen-bond acceptors (Lipinski definition) is 4. The second kappa shape index (κ2) is 12.5. The standard InChI is InChI=1S/C34H39N5O3/c1-24-10-16-28(17-11-24)39-31(23-30(37-39)34(2,3)4)36-32(40)35-27-14-12-25(13-15-27)22-26-18-20-38(21-19-26)33(41)42-29-8-6-5-7-9-29/h5-17,23,26H,18-22H2,1-4H3,(H2,35,36,40). The van der Waals surface area contributed by atoms with E-state index in [1.165, 1.54) is 5.56 Å². The molecule has 1 fully saturated rings. The van der Waals surface area contributed by atoms with Gasteiger partial charge in [0.2, 0.25) is 0 Å². The van der Waals surface area contributed by atoms with Gasteiger partial charge in [0.15, 0.2) is 0 Å². The number of ether oxygens (including phenoxy) is 1. The second-order valence-corrected chi connectivity index (χ2v) is 12.0. The summed E-state index contributed by atoms with van der Waals surface area (Å²) in [5, 5.41) is 10.7. The molecule has 218 valence electrons. The molecule has 3 aromatic carbocycles. The van der Waals surface area contributed by atoms with Crippen molar-refractivity contribution in [2.75, 3.05) is 23.7 Å². The third kappa shape index (κ3) is 7.37. The van der Waals surface area contributed by atoms with Gasteiger partial charge in [-0.25, -0.2) is 14.3 Å². The Morgan fingerprint density at radius 1 is 0.905 bits per heavy atom. The fourth-order valence-corrected chi connectivity index (χ4v) is 5.03. The molecule has 0 atom stereocenters. The van der Waals surface area contributed by atoms with E-state index in [4.69, 9.17) is 9.84 Å². The fraction of sp³-hybridized carbons (Fsp3) is 0.324. The summed E-state index contributed by atoms with van der Waals surface area (Å²) >= 11 is 0. The van der Waals surface area contributed by atoms with Crippen molar-refractivity contribution in [2.24, 2.45) is 5.92 Å². The summed E-state index contributed by atoms with van der Waals surface area (Å²) in [6, 6.07) is 26.8. The molecule has 5 rings (SSSR count). The molecule has 0 spiro atoms. The summed E-state index contributed by atoms with van der Waals surface area (Å²) in [6.45, 7) is 9.72. The zero-order valence-electron chi connectivity index (χ0n) is 24.8. The van der Waals surface area contributed by atoms with Crippen LogP contribution < -0.4 is 15.4 Å². The van der Waals surface area contributed by atoms with Gasteiger partial charge in [-0.1, -0.05) is 68.8 Å². The van der Waals surface area contributed by atoms with Crippen molar-refractivity contribution in [3.8, 4) is 11.4 Å². The maximum Gasteiger partial charge on any atom is 0.415 e. The maximum absolute atomic E-state index is 13.0. The van der Waals surface area contributed by atoms with E-state index < -0.39 is 0 Å². The smallest absolute Gasteiger partial charge is 0.410 e. The molecular formula is C34H39N5O3. The first kappa shape index (κ1) is 28.9. The van der Waals surface area contributed by atoms with Crippen LogP contribution in [0.2, 0.25) is 0 Å². The molecule has 8 nitrogen and oxygen atoms in total. The Morgan fingerprint density at radius 2 is 1.57 bits per heavy atom. The number of carbonyl (C=O) groups excluding carboxylic acids is 2. The van der Waals surface area contributed by atoms with Crippen molar-refractivity contribution in [3.63, 3.8) is 0 Å². The van der Waals surface area contributed by atoms with Crippen molar-refractivity contribution in [1.29, 1.82) is 0 Å². The molecule has 1 saturated heterocycles. The minimum absolute atomic E-state index is 0.166. The molecule has 1 aliphatic heterocycles. The first-order valence-corrected chi connectivity index (χ1v) is 14.5. The number of carbonyl (C=O) groups is 2. The third-order valence-electron chi connectivity index (χ3n) is 7.56. The van der Waals surface area contributed by atoms with Crippen LogP contribution in [0, 0.1) is 12.8 Å². The average Bonchev–Trinajstić information content (AvgIpc) is 3.40. The van der Waals surface area contributed by atoms with E-state index in [0.29, 0.717) is 36.3 Å². The Balaban J connectivity index is 1.14. The molecule has 0 unspecified atom stereocenters. The molecule has 0 radical (unpaired) electrons. The molecule has 2 heterocycles. The van der Waals surface area contributed by atoms with Crippen LogP contribution in [0.1, 0.15) is 50.4 Å². The molecule has 3 amide bonds. The van der Waals surface area contributed by atoms with Gasteiger partial charge in [-0.2, -0.15) is 5.10 Å². The van der Waals surface area contributed by atoms with Gasteiger partial charge in [-0.05, 0) is 74.1 Å². The van der Waals surface area contributed by atoms with Gasteiger partial charge in [-0.3, -0.25) is 5.32 Å². The first-order chi connectivity index (χ1) is 20.1. The number of para-hydroxylation sites is 1. The van der Waals surface area contributed by atoms with Gasteiger partial charge in [0.05, 0.1) is 11.4 Å². The van der Waals surface area contributed by atoms with Gasteiger partial charge in [0.25, 0.3) is 0 Å². The Hall–Kier alpha value is -4.59. The van der Waals surface area contributed by atoms with E-state index in [0.717, 1.165) is 36.2 Å². The zero-order valence-corrected chi connectivity index (χ0v) is 24.8. The van der Waals surface area contributed by atoms with Crippen LogP contribution in [0.15, 0.2) is 84.9 Å². The zero-order chi connectivity index (χ0) is 29.7. The lowest BCUT2D eigenvalue weighted by Crippen LogP contribution is -2.40. The van der Waals surface area contributed by atoms with Crippen LogP contribution >= 0.6 is 0 Å². The number of likely N-dealkylation sites (tertiary alicyclic amines) is 1. The summed E-state index contributed by atoms with van der Waals surface area (Å²) < 4.78 is 7.25. The molecule has 0 aliphatic carbocycles. The second-order valence-electron chi connectivity index (χ2n) is 12.0. The predicted octanol–water partition coefficient (Wildman–Crippen LogP) is 7.58.